The third-order valence-electron chi connectivity index (χ3n) is 1.47. The Morgan fingerprint density at radius 1 is 0.556 bits per heavy atom. The summed E-state index contributed by atoms with van der Waals surface area (Å²) >= 11 is 0. The van der Waals surface area contributed by atoms with Gasteiger partial charge in [-0.2, -0.15) is 0 Å². The number of carboxylic acid groups (broad SMARTS) is 4. The Bertz CT molecular complexity index is 374. The van der Waals surface area contributed by atoms with Gasteiger partial charge in [0.15, 0.2) is 0 Å². The Morgan fingerprint density at radius 3 is 0.667 bits per heavy atom. The molecule has 0 aliphatic heterocycles. The zero-order valence-corrected chi connectivity index (χ0v) is 14.6. The van der Waals surface area contributed by atoms with E-state index in [1.54, 1.807) is 0 Å². The van der Waals surface area contributed by atoms with E-state index >= 15 is 0 Å². The van der Waals surface area contributed by atoms with E-state index in [0.717, 1.165) is 24.3 Å². The van der Waals surface area contributed by atoms with Crippen molar-refractivity contribution in [1.29, 1.82) is 0 Å². The molecule has 0 saturated carbocycles. The summed E-state index contributed by atoms with van der Waals surface area (Å²) in [6.45, 7) is 11.4. The molecule has 0 aromatic carbocycles. The second-order valence-electron chi connectivity index (χ2n) is 3.58. The first-order valence-electron chi connectivity index (χ1n) is 6.67. The number of aliphatic hydroxyl groups is 3. The number of carbonyl (C=O) groups is 4. The lowest BCUT2D eigenvalue weighted by molar-refractivity contribution is -0.132. The maximum Gasteiger partial charge on any atom is 0.327 e. The van der Waals surface area contributed by atoms with Crippen LogP contribution in [0.4, 0.5) is 0 Å². The zero-order chi connectivity index (χ0) is 22.8. The van der Waals surface area contributed by atoms with Crippen molar-refractivity contribution in [3.8, 4) is 0 Å². The summed E-state index contributed by atoms with van der Waals surface area (Å²) in [7, 11) is 0. The molecule has 0 atom stereocenters. The molecule has 0 amide bonds. The molecule has 0 bridgehead atoms. The Balaban J connectivity index is -0.0000000753. The van der Waals surface area contributed by atoms with Crippen molar-refractivity contribution >= 4 is 23.9 Å². The van der Waals surface area contributed by atoms with Crippen LogP contribution in [0.5, 0.6) is 0 Å². The number of rotatable bonds is 7. The molecule has 11 nitrogen and oxygen atoms in total. The van der Waals surface area contributed by atoms with Crippen molar-refractivity contribution in [1.82, 2.24) is 0 Å². The zero-order valence-electron chi connectivity index (χ0n) is 14.6. The first-order chi connectivity index (χ1) is 12.4. The highest BCUT2D eigenvalue weighted by molar-refractivity contribution is 5.79. The highest BCUT2D eigenvalue weighted by atomic mass is 16.4. The third kappa shape index (κ3) is 84.9. The number of carboxylic acids is 4. The van der Waals surface area contributed by atoms with Gasteiger partial charge < -0.3 is 35.7 Å². The van der Waals surface area contributed by atoms with Gasteiger partial charge in [-0.15, -0.1) is 0 Å². The predicted molar refractivity (Wildman–Crippen MR) is 96.1 cm³/mol. The fraction of sp³-hybridized carbons (Fsp3) is 0.250. The molecule has 0 saturated heterocycles. The molecule has 156 valence electrons. The van der Waals surface area contributed by atoms with Gasteiger partial charge in [-0.3, -0.25) is 0 Å². The summed E-state index contributed by atoms with van der Waals surface area (Å²) in [6, 6.07) is 0. The van der Waals surface area contributed by atoms with Crippen molar-refractivity contribution in [2.75, 3.05) is 19.8 Å². The van der Waals surface area contributed by atoms with Gasteiger partial charge >= 0.3 is 23.9 Å². The van der Waals surface area contributed by atoms with Crippen LogP contribution in [0, 0.1) is 5.92 Å². The van der Waals surface area contributed by atoms with E-state index in [1.807, 2.05) is 0 Å². The van der Waals surface area contributed by atoms with Gasteiger partial charge in [0.05, 0.1) is 19.8 Å². The molecule has 0 fully saturated rings. The summed E-state index contributed by atoms with van der Waals surface area (Å²) in [5.41, 5.74) is 0. The Hall–Kier alpha value is -3.28. The van der Waals surface area contributed by atoms with Gasteiger partial charge in [0.25, 0.3) is 0 Å². The van der Waals surface area contributed by atoms with Crippen LogP contribution < -0.4 is 0 Å². The van der Waals surface area contributed by atoms with Crippen LogP contribution in [0.15, 0.2) is 50.6 Å². The lowest BCUT2D eigenvalue weighted by Gasteiger charge is -2.02. The minimum absolute atomic E-state index is 0.146. The average Bonchev–Trinajstić information content (AvgIpc) is 2.64. The van der Waals surface area contributed by atoms with Crippen molar-refractivity contribution in [2.24, 2.45) is 5.92 Å². The maximum absolute atomic E-state index is 9.25. The van der Waals surface area contributed by atoms with Crippen LogP contribution in [0.1, 0.15) is 0 Å². The molecule has 27 heavy (non-hydrogen) atoms. The molecule has 0 radical (unpaired) electrons. The van der Waals surface area contributed by atoms with Crippen LogP contribution in [-0.2, 0) is 19.2 Å². The van der Waals surface area contributed by atoms with E-state index in [9.17, 15) is 19.2 Å². The quantitative estimate of drug-likeness (QED) is 0.276. The second-order valence-corrected chi connectivity index (χ2v) is 3.58. The molecular formula is C16H26O11. The minimum Gasteiger partial charge on any atom is -0.478 e. The molecule has 11 heteroatoms. The van der Waals surface area contributed by atoms with Crippen LogP contribution in [0.2, 0.25) is 0 Å². The first kappa shape index (κ1) is 34.9. The SMILES string of the molecule is C=CC(=O)O.C=CC(=O)O.C=CC(=O)O.C=CC(=O)O.OCC(CO)CO. The Morgan fingerprint density at radius 2 is 0.667 bits per heavy atom. The van der Waals surface area contributed by atoms with E-state index < -0.39 is 23.9 Å². The standard InChI is InChI=1S/C4H10O3.4C3H4O2/c5-1-4(2-6)3-7;4*1-2-3(4)5/h4-7H,1-3H2;4*2H,1H2,(H,4,5). The van der Waals surface area contributed by atoms with Crippen LogP contribution in [0.3, 0.4) is 0 Å². The topological polar surface area (TPSA) is 210 Å². The first-order valence-corrected chi connectivity index (χ1v) is 6.67. The second kappa shape index (κ2) is 30.6. The Labute approximate surface area is 156 Å². The number of aliphatic hydroxyl groups excluding tert-OH is 3. The summed E-state index contributed by atoms with van der Waals surface area (Å²) in [5, 5.41) is 55.0. The molecule has 0 aromatic rings. The van der Waals surface area contributed by atoms with Crippen molar-refractivity contribution in [3.63, 3.8) is 0 Å². The van der Waals surface area contributed by atoms with Gasteiger partial charge in [-0.25, -0.2) is 19.2 Å². The van der Waals surface area contributed by atoms with Crippen LogP contribution in [-0.4, -0.2) is 79.4 Å². The van der Waals surface area contributed by atoms with Crippen molar-refractivity contribution < 1.29 is 54.9 Å². The minimum atomic E-state index is -0.981. The number of hydrogen-bond donors (Lipinski definition) is 7. The summed E-state index contributed by atoms with van der Waals surface area (Å²) < 4.78 is 0. The summed E-state index contributed by atoms with van der Waals surface area (Å²) in [6.07, 6.45) is 3.33. The maximum atomic E-state index is 9.25. The summed E-state index contributed by atoms with van der Waals surface area (Å²) in [5.74, 6) is -4.27. The monoisotopic (exact) mass is 394 g/mol. The van der Waals surface area contributed by atoms with E-state index in [-0.39, 0.29) is 25.7 Å². The lowest BCUT2D eigenvalue weighted by atomic mass is 10.2. The van der Waals surface area contributed by atoms with Gasteiger partial charge in [0, 0.05) is 30.2 Å². The predicted octanol–water partition coefficient (Wildman–Crippen LogP) is -0.392. The fourth-order valence-electron chi connectivity index (χ4n) is 0.173. The molecular weight excluding hydrogens is 368 g/mol. The van der Waals surface area contributed by atoms with E-state index in [1.165, 1.54) is 0 Å². The fourth-order valence-corrected chi connectivity index (χ4v) is 0.173. The highest BCUT2D eigenvalue weighted by Gasteiger charge is 2.00. The van der Waals surface area contributed by atoms with Crippen molar-refractivity contribution in [3.05, 3.63) is 50.6 Å². The summed E-state index contributed by atoms with van der Waals surface area (Å²) in [4.78, 5) is 37.0. The van der Waals surface area contributed by atoms with E-state index in [2.05, 4.69) is 26.3 Å². The molecule has 0 aliphatic carbocycles. The number of hydrogen-bond acceptors (Lipinski definition) is 7. The Kier molecular flexibility index (Phi) is 39.6. The molecule has 0 aromatic heterocycles. The molecule has 0 aliphatic rings. The molecule has 0 heterocycles. The van der Waals surface area contributed by atoms with Crippen LogP contribution >= 0.6 is 0 Å². The molecule has 0 rings (SSSR count). The van der Waals surface area contributed by atoms with E-state index in [0.29, 0.717) is 0 Å². The molecule has 0 unspecified atom stereocenters. The highest BCUT2D eigenvalue weighted by Crippen LogP contribution is 1.87. The third-order valence-corrected chi connectivity index (χ3v) is 1.47. The normalized spacial score (nSPS) is 7.41. The van der Waals surface area contributed by atoms with Crippen molar-refractivity contribution in [2.45, 2.75) is 0 Å². The molecule has 7 N–H and O–H groups in total. The number of aliphatic carboxylic acids is 4. The van der Waals surface area contributed by atoms with Gasteiger partial charge in [0.2, 0.25) is 0 Å². The largest absolute Gasteiger partial charge is 0.478 e. The van der Waals surface area contributed by atoms with E-state index in [4.69, 9.17) is 35.7 Å². The van der Waals surface area contributed by atoms with Gasteiger partial charge in [-0.05, 0) is 0 Å². The smallest absolute Gasteiger partial charge is 0.327 e. The van der Waals surface area contributed by atoms with Gasteiger partial charge in [-0.1, -0.05) is 26.3 Å². The lowest BCUT2D eigenvalue weighted by Crippen LogP contribution is -2.14. The molecule has 0 spiro atoms. The average molecular weight is 394 g/mol. The van der Waals surface area contributed by atoms with Crippen LogP contribution in [0.25, 0.3) is 0 Å². The van der Waals surface area contributed by atoms with Gasteiger partial charge in [0.1, 0.15) is 0 Å².